The Kier molecular flexibility index (Phi) is 12.3. The number of hydrogen-bond donors (Lipinski definition) is 2. The molecule has 1 saturated heterocycles. The quantitative estimate of drug-likeness (QED) is 0.282. The average Bonchev–Trinajstić information content (AvgIpc) is 2.93. The summed E-state index contributed by atoms with van der Waals surface area (Å²) in [5, 5.41) is 6.74. The molecule has 1 aliphatic rings. The number of likely N-dealkylation sites (tertiary alicyclic amines) is 1. The van der Waals surface area contributed by atoms with Crippen LogP contribution in [0.25, 0.3) is 0 Å². The minimum atomic E-state index is 0. The molecule has 7 heteroatoms. The Balaban J connectivity index is 0.00000400. The Labute approximate surface area is 150 Å². The summed E-state index contributed by atoms with van der Waals surface area (Å²) < 4.78 is 0. The third kappa shape index (κ3) is 8.13. The molecule has 21 heavy (non-hydrogen) atoms. The number of nitrogens with zero attached hydrogens (tertiary/aromatic N) is 2. The zero-order valence-corrected chi connectivity index (χ0v) is 16.5. The van der Waals surface area contributed by atoms with Crippen LogP contribution in [0.3, 0.4) is 0 Å². The normalized spacial score (nSPS) is 18.3. The predicted molar refractivity (Wildman–Crippen MR) is 103 cm³/mol. The van der Waals surface area contributed by atoms with Crippen LogP contribution in [0.5, 0.6) is 0 Å². The fraction of sp³-hybridized carbons (Fsp3) is 0.857. The molecule has 1 rings (SSSR count). The van der Waals surface area contributed by atoms with E-state index in [2.05, 4.69) is 21.9 Å². The van der Waals surface area contributed by atoms with Crippen LogP contribution in [0.1, 0.15) is 32.6 Å². The Bertz CT molecular complexity index is 328. The van der Waals surface area contributed by atoms with Crippen molar-refractivity contribution in [3.05, 3.63) is 0 Å². The molecule has 0 saturated carbocycles. The second-order valence-electron chi connectivity index (χ2n) is 5.02. The summed E-state index contributed by atoms with van der Waals surface area (Å²) in [4.78, 5) is 17.8. The van der Waals surface area contributed by atoms with Gasteiger partial charge >= 0.3 is 0 Å². The summed E-state index contributed by atoms with van der Waals surface area (Å²) in [5.74, 6) is 2.31. The van der Waals surface area contributed by atoms with E-state index in [1.54, 1.807) is 7.05 Å². The lowest BCUT2D eigenvalue weighted by atomic mass is 10.3. The van der Waals surface area contributed by atoms with Crippen molar-refractivity contribution in [2.24, 2.45) is 4.99 Å². The van der Waals surface area contributed by atoms with E-state index in [1.807, 2.05) is 23.6 Å². The molecule has 124 valence electrons. The highest BCUT2D eigenvalue weighted by atomic mass is 127. The predicted octanol–water partition coefficient (Wildman–Crippen LogP) is 1.92. The molecular weight excluding hydrogens is 399 g/mol. The van der Waals surface area contributed by atoms with Gasteiger partial charge in [-0.3, -0.25) is 9.79 Å². The number of hydrogen-bond acceptors (Lipinski definition) is 3. The number of amides is 1. The summed E-state index contributed by atoms with van der Waals surface area (Å²) >= 11 is 1.89. The zero-order chi connectivity index (χ0) is 14.8. The topological polar surface area (TPSA) is 56.7 Å². The summed E-state index contributed by atoms with van der Waals surface area (Å²) in [6, 6.07) is 0.322. The second kappa shape index (κ2) is 12.4. The van der Waals surface area contributed by atoms with Gasteiger partial charge < -0.3 is 15.5 Å². The molecule has 0 spiro atoms. The zero-order valence-electron chi connectivity index (χ0n) is 13.4. The molecule has 1 aliphatic heterocycles. The van der Waals surface area contributed by atoms with Gasteiger partial charge in [0.05, 0.1) is 0 Å². The van der Waals surface area contributed by atoms with Gasteiger partial charge in [-0.2, -0.15) is 11.8 Å². The van der Waals surface area contributed by atoms with Crippen LogP contribution >= 0.6 is 35.7 Å². The Morgan fingerprint density at radius 3 is 2.81 bits per heavy atom. The molecule has 2 N–H and O–H groups in total. The maximum atomic E-state index is 11.6. The van der Waals surface area contributed by atoms with E-state index in [4.69, 9.17) is 0 Å². The first-order chi connectivity index (χ1) is 9.71. The number of carbonyl (C=O) groups excluding carboxylic acids is 1. The summed E-state index contributed by atoms with van der Waals surface area (Å²) in [6.45, 7) is 4.51. The van der Waals surface area contributed by atoms with Gasteiger partial charge in [0.2, 0.25) is 5.91 Å². The van der Waals surface area contributed by atoms with E-state index in [1.165, 1.54) is 12.2 Å². The van der Waals surface area contributed by atoms with Crippen LogP contribution in [-0.4, -0.2) is 61.5 Å². The maximum absolute atomic E-state index is 11.6. The fourth-order valence-corrected chi connectivity index (χ4v) is 2.79. The van der Waals surface area contributed by atoms with Crippen molar-refractivity contribution < 1.29 is 4.79 Å². The number of guanidine groups is 1. The third-order valence-electron chi connectivity index (χ3n) is 3.48. The average molecular weight is 428 g/mol. The van der Waals surface area contributed by atoms with Gasteiger partial charge in [0.25, 0.3) is 0 Å². The molecule has 1 amide bonds. The number of nitrogens with one attached hydrogen (secondary N) is 2. The van der Waals surface area contributed by atoms with Crippen molar-refractivity contribution >= 4 is 47.6 Å². The molecule has 1 fully saturated rings. The molecule has 0 aromatic heterocycles. The van der Waals surface area contributed by atoms with Gasteiger partial charge in [-0.15, -0.1) is 24.0 Å². The highest BCUT2D eigenvalue weighted by Crippen LogP contribution is 2.10. The number of unbranched alkanes of at least 4 members (excludes halogenated alkanes) is 1. The van der Waals surface area contributed by atoms with Crippen molar-refractivity contribution in [1.29, 1.82) is 0 Å². The Hall–Kier alpha value is -0.180. The van der Waals surface area contributed by atoms with E-state index in [-0.39, 0.29) is 29.9 Å². The fourth-order valence-electron chi connectivity index (χ4n) is 2.29. The van der Waals surface area contributed by atoms with E-state index >= 15 is 0 Å². The molecule has 1 unspecified atom stereocenters. The molecule has 1 atom stereocenters. The Morgan fingerprint density at radius 2 is 2.19 bits per heavy atom. The highest BCUT2D eigenvalue weighted by molar-refractivity contribution is 14.0. The van der Waals surface area contributed by atoms with Crippen LogP contribution < -0.4 is 10.6 Å². The SMILES string of the molecule is CCC(=O)N1CCC(NC(=NC)NCCCCSC)C1.I. The molecule has 0 aromatic carbocycles. The summed E-state index contributed by atoms with van der Waals surface area (Å²) in [5.41, 5.74) is 0. The number of halogens is 1. The first kappa shape index (κ1) is 20.8. The first-order valence-electron chi connectivity index (χ1n) is 7.45. The van der Waals surface area contributed by atoms with Crippen molar-refractivity contribution in [2.45, 2.75) is 38.6 Å². The van der Waals surface area contributed by atoms with Crippen LogP contribution in [-0.2, 0) is 4.79 Å². The van der Waals surface area contributed by atoms with Crippen molar-refractivity contribution in [3.63, 3.8) is 0 Å². The molecule has 0 aliphatic carbocycles. The van der Waals surface area contributed by atoms with E-state index in [0.717, 1.165) is 38.4 Å². The molecule has 1 heterocycles. The van der Waals surface area contributed by atoms with Crippen molar-refractivity contribution in [2.75, 3.05) is 38.7 Å². The standard InChI is InChI=1S/C14H28N4OS.HI/c1-4-13(19)18-9-7-12(11-18)17-14(15-2)16-8-5-6-10-20-3;/h12H,4-11H2,1-3H3,(H2,15,16,17);1H. The van der Waals surface area contributed by atoms with E-state index < -0.39 is 0 Å². The number of aliphatic imine (C=N–C) groups is 1. The van der Waals surface area contributed by atoms with Gasteiger partial charge in [0.15, 0.2) is 5.96 Å². The molecule has 5 nitrogen and oxygen atoms in total. The highest BCUT2D eigenvalue weighted by Gasteiger charge is 2.25. The monoisotopic (exact) mass is 428 g/mol. The summed E-state index contributed by atoms with van der Waals surface area (Å²) in [7, 11) is 1.79. The van der Waals surface area contributed by atoms with Crippen LogP contribution in [0, 0.1) is 0 Å². The summed E-state index contributed by atoms with van der Waals surface area (Å²) in [6.07, 6.45) is 6.12. The van der Waals surface area contributed by atoms with Crippen molar-refractivity contribution in [3.8, 4) is 0 Å². The number of rotatable bonds is 7. The maximum Gasteiger partial charge on any atom is 0.222 e. The van der Waals surface area contributed by atoms with Gasteiger partial charge in [0, 0.05) is 39.1 Å². The lowest BCUT2D eigenvalue weighted by Gasteiger charge is -2.18. The van der Waals surface area contributed by atoms with Gasteiger partial charge in [-0.1, -0.05) is 6.92 Å². The molecule has 0 radical (unpaired) electrons. The van der Waals surface area contributed by atoms with E-state index in [0.29, 0.717) is 12.5 Å². The first-order valence-corrected chi connectivity index (χ1v) is 8.84. The molecule has 0 aromatic rings. The lowest BCUT2D eigenvalue weighted by molar-refractivity contribution is -0.129. The van der Waals surface area contributed by atoms with Crippen LogP contribution in [0.2, 0.25) is 0 Å². The second-order valence-corrected chi connectivity index (χ2v) is 6.01. The minimum absolute atomic E-state index is 0. The number of thioether (sulfide) groups is 1. The van der Waals surface area contributed by atoms with Crippen molar-refractivity contribution in [1.82, 2.24) is 15.5 Å². The molecular formula is C14H29IN4OS. The van der Waals surface area contributed by atoms with Gasteiger partial charge in [0.1, 0.15) is 0 Å². The van der Waals surface area contributed by atoms with Gasteiger partial charge in [-0.05, 0) is 31.3 Å². The Morgan fingerprint density at radius 1 is 1.43 bits per heavy atom. The van der Waals surface area contributed by atoms with Gasteiger partial charge in [-0.25, -0.2) is 0 Å². The number of carbonyl (C=O) groups is 1. The lowest BCUT2D eigenvalue weighted by Crippen LogP contribution is -2.45. The largest absolute Gasteiger partial charge is 0.356 e. The smallest absolute Gasteiger partial charge is 0.222 e. The van der Waals surface area contributed by atoms with Crippen LogP contribution in [0.4, 0.5) is 0 Å². The molecule has 0 bridgehead atoms. The van der Waals surface area contributed by atoms with Crippen LogP contribution in [0.15, 0.2) is 4.99 Å². The van der Waals surface area contributed by atoms with E-state index in [9.17, 15) is 4.79 Å². The third-order valence-corrected chi connectivity index (χ3v) is 4.17. The minimum Gasteiger partial charge on any atom is -0.356 e.